The Morgan fingerprint density at radius 3 is 2.59 bits per heavy atom. The molecule has 0 radical (unpaired) electrons. The molecule has 27 heavy (non-hydrogen) atoms. The number of rotatable bonds is 3. The van der Waals surface area contributed by atoms with Gasteiger partial charge in [-0.3, -0.25) is 0 Å². The summed E-state index contributed by atoms with van der Waals surface area (Å²) in [5, 5.41) is 9.24. The summed E-state index contributed by atoms with van der Waals surface area (Å²) >= 11 is 0. The van der Waals surface area contributed by atoms with Gasteiger partial charge in [0, 0.05) is 18.0 Å². The Morgan fingerprint density at radius 2 is 1.81 bits per heavy atom. The van der Waals surface area contributed by atoms with E-state index in [1.54, 1.807) is 0 Å². The molecular formula is C24H23N3. The van der Waals surface area contributed by atoms with E-state index in [1.807, 2.05) is 18.3 Å². The van der Waals surface area contributed by atoms with Crippen molar-refractivity contribution < 1.29 is 0 Å². The van der Waals surface area contributed by atoms with Crippen LogP contribution in [0.5, 0.6) is 0 Å². The summed E-state index contributed by atoms with van der Waals surface area (Å²) in [4.78, 5) is 4.70. The molecule has 3 nitrogen and oxygen atoms in total. The van der Waals surface area contributed by atoms with Crippen molar-refractivity contribution in [2.75, 3.05) is 0 Å². The molecule has 1 aromatic heterocycles. The molecule has 1 saturated carbocycles. The van der Waals surface area contributed by atoms with E-state index < -0.39 is 0 Å². The summed E-state index contributed by atoms with van der Waals surface area (Å²) in [6.45, 7) is 0. The van der Waals surface area contributed by atoms with Crippen LogP contribution in [0.15, 0.2) is 60.9 Å². The Labute approximate surface area is 160 Å². The molecule has 0 saturated heterocycles. The van der Waals surface area contributed by atoms with Crippen LogP contribution in [0, 0.1) is 17.2 Å². The van der Waals surface area contributed by atoms with E-state index in [1.165, 1.54) is 48.8 Å². The van der Waals surface area contributed by atoms with E-state index in [4.69, 9.17) is 4.98 Å². The number of benzene rings is 2. The van der Waals surface area contributed by atoms with Crippen LogP contribution in [0.1, 0.15) is 55.2 Å². The third-order valence-corrected chi connectivity index (χ3v) is 6.47. The predicted octanol–water partition coefficient (Wildman–Crippen LogP) is 5.50. The van der Waals surface area contributed by atoms with E-state index in [0.717, 1.165) is 18.2 Å². The highest BCUT2D eigenvalue weighted by atomic mass is 15.2. The normalized spacial score (nSPS) is 21.4. The third kappa shape index (κ3) is 2.44. The van der Waals surface area contributed by atoms with E-state index >= 15 is 0 Å². The number of imidazole rings is 1. The summed E-state index contributed by atoms with van der Waals surface area (Å²) < 4.78 is 2.38. The molecule has 1 fully saturated rings. The molecule has 0 bridgehead atoms. The van der Waals surface area contributed by atoms with Crippen LogP contribution in [-0.4, -0.2) is 9.55 Å². The number of aromatic nitrogens is 2. The maximum Gasteiger partial charge on any atom is 0.141 e. The second-order valence-corrected chi connectivity index (χ2v) is 7.92. The molecule has 0 amide bonds. The van der Waals surface area contributed by atoms with Gasteiger partial charge < -0.3 is 4.57 Å². The quantitative estimate of drug-likeness (QED) is 0.624. The van der Waals surface area contributed by atoms with Crippen molar-refractivity contribution >= 4 is 0 Å². The minimum atomic E-state index is -0.224. The number of hydrogen-bond donors (Lipinski definition) is 0. The Hall–Kier alpha value is -2.86. The first-order chi connectivity index (χ1) is 13.3. The van der Waals surface area contributed by atoms with Crippen LogP contribution in [0.4, 0.5) is 0 Å². The van der Waals surface area contributed by atoms with Crippen molar-refractivity contribution in [3.05, 3.63) is 77.6 Å². The molecule has 2 aromatic carbocycles. The SMILES string of the molecule is N#Cc1ccc([C@]2(CC3CCCCC3)c3ccccc3-c3nccn32)cc1. The second-order valence-electron chi connectivity index (χ2n) is 7.92. The van der Waals surface area contributed by atoms with Crippen molar-refractivity contribution in [3.8, 4) is 17.5 Å². The minimum absolute atomic E-state index is 0.224. The van der Waals surface area contributed by atoms with Crippen LogP contribution < -0.4 is 0 Å². The van der Waals surface area contributed by atoms with Gasteiger partial charge in [0.25, 0.3) is 0 Å². The number of nitriles is 1. The summed E-state index contributed by atoms with van der Waals surface area (Å²) in [5.41, 5.74) is 4.34. The Kier molecular flexibility index (Phi) is 3.86. The zero-order valence-electron chi connectivity index (χ0n) is 15.4. The van der Waals surface area contributed by atoms with Gasteiger partial charge >= 0.3 is 0 Å². The third-order valence-electron chi connectivity index (χ3n) is 6.47. The molecule has 5 rings (SSSR count). The lowest BCUT2D eigenvalue weighted by Crippen LogP contribution is -2.36. The first-order valence-electron chi connectivity index (χ1n) is 9.97. The molecule has 3 aromatic rings. The molecular weight excluding hydrogens is 330 g/mol. The highest BCUT2D eigenvalue weighted by molar-refractivity contribution is 5.71. The summed E-state index contributed by atoms with van der Waals surface area (Å²) in [6, 6.07) is 19.2. The van der Waals surface area contributed by atoms with Crippen molar-refractivity contribution in [1.29, 1.82) is 5.26 Å². The largest absolute Gasteiger partial charge is 0.317 e. The van der Waals surface area contributed by atoms with Crippen LogP contribution in [0.2, 0.25) is 0 Å². The Balaban J connectivity index is 1.72. The topological polar surface area (TPSA) is 41.6 Å². The molecule has 0 unspecified atom stereocenters. The monoisotopic (exact) mass is 353 g/mol. The molecule has 134 valence electrons. The molecule has 0 spiro atoms. The lowest BCUT2D eigenvalue weighted by atomic mass is 9.72. The summed E-state index contributed by atoms with van der Waals surface area (Å²) in [6.07, 6.45) is 11.8. The maximum atomic E-state index is 9.24. The van der Waals surface area contributed by atoms with Gasteiger partial charge in [-0.25, -0.2) is 4.98 Å². The molecule has 1 atom stereocenters. The van der Waals surface area contributed by atoms with Gasteiger partial charge in [-0.2, -0.15) is 5.26 Å². The smallest absolute Gasteiger partial charge is 0.141 e. The lowest BCUT2D eigenvalue weighted by molar-refractivity contribution is 0.264. The van der Waals surface area contributed by atoms with E-state index in [9.17, 15) is 5.26 Å². The van der Waals surface area contributed by atoms with Gasteiger partial charge in [-0.1, -0.05) is 68.5 Å². The maximum absolute atomic E-state index is 9.24. The van der Waals surface area contributed by atoms with Crippen LogP contribution in [0.25, 0.3) is 11.4 Å². The fraction of sp³-hybridized carbons (Fsp3) is 0.333. The molecule has 2 heterocycles. The average molecular weight is 353 g/mol. The fourth-order valence-corrected chi connectivity index (χ4v) is 5.23. The summed E-state index contributed by atoms with van der Waals surface area (Å²) in [5.74, 6) is 1.78. The van der Waals surface area contributed by atoms with Gasteiger partial charge in [0.05, 0.1) is 17.2 Å². The van der Waals surface area contributed by atoms with Gasteiger partial charge in [0.15, 0.2) is 0 Å². The standard InChI is InChI=1S/C24H23N3/c25-17-19-10-12-20(13-11-19)24(16-18-6-2-1-3-7-18)22-9-5-4-8-21(22)23-26-14-15-27(23)24/h4-5,8-15,18H,1-3,6-7,16H2/t24-/m1/s1. The molecule has 1 aliphatic carbocycles. The van der Waals surface area contributed by atoms with Gasteiger partial charge in [-0.05, 0) is 35.6 Å². The average Bonchev–Trinajstić information content (AvgIpc) is 3.31. The second kappa shape index (κ2) is 6.39. The highest BCUT2D eigenvalue weighted by Crippen LogP contribution is 2.51. The van der Waals surface area contributed by atoms with Crippen molar-refractivity contribution in [1.82, 2.24) is 9.55 Å². The highest BCUT2D eigenvalue weighted by Gasteiger charge is 2.46. The fourth-order valence-electron chi connectivity index (χ4n) is 5.23. The summed E-state index contributed by atoms with van der Waals surface area (Å²) in [7, 11) is 0. The van der Waals surface area contributed by atoms with Crippen molar-refractivity contribution in [3.63, 3.8) is 0 Å². The van der Waals surface area contributed by atoms with E-state index in [0.29, 0.717) is 5.56 Å². The van der Waals surface area contributed by atoms with Gasteiger partial charge in [0.2, 0.25) is 0 Å². The molecule has 3 heteroatoms. The van der Waals surface area contributed by atoms with E-state index in [-0.39, 0.29) is 5.54 Å². The molecule has 0 N–H and O–H groups in total. The number of fused-ring (bicyclic) bond motifs is 3. The first-order valence-corrected chi connectivity index (χ1v) is 9.97. The van der Waals surface area contributed by atoms with Crippen molar-refractivity contribution in [2.45, 2.75) is 44.1 Å². The zero-order valence-corrected chi connectivity index (χ0v) is 15.4. The van der Waals surface area contributed by atoms with Crippen LogP contribution in [-0.2, 0) is 5.54 Å². The van der Waals surface area contributed by atoms with E-state index in [2.05, 4.69) is 53.2 Å². The minimum Gasteiger partial charge on any atom is -0.317 e. The Bertz CT molecular complexity index is 1000. The lowest BCUT2D eigenvalue weighted by Gasteiger charge is -2.38. The zero-order chi connectivity index (χ0) is 18.3. The molecule has 2 aliphatic rings. The first kappa shape index (κ1) is 16.3. The number of nitrogens with zero attached hydrogens (tertiary/aromatic N) is 3. The van der Waals surface area contributed by atoms with Gasteiger partial charge in [0.1, 0.15) is 5.82 Å². The van der Waals surface area contributed by atoms with Gasteiger partial charge in [-0.15, -0.1) is 0 Å². The predicted molar refractivity (Wildman–Crippen MR) is 106 cm³/mol. The number of hydrogen-bond acceptors (Lipinski definition) is 2. The van der Waals surface area contributed by atoms with Crippen LogP contribution >= 0.6 is 0 Å². The molecule has 1 aliphatic heterocycles. The van der Waals surface area contributed by atoms with Crippen LogP contribution in [0.3, 0.4) is 0 Å². The van der Waals surface area contributed by atoms with Crippen molar-refractivity contribution in [2.24, 2.45) is 5.92 Å². The Morgan fingerprint density at radius 1 is 1.04 bits per heavy atom.